The predicted molar refractivity (Wildman–Crippen MR) is 78.3 cm³/mol. The van der Waals surface area contributed by atoms with Crippen LogP contribution < -0.4 is 0 Å². The molecule has 1 saturated heterocycles. The van der Waals surface area contributed by atoms with Gasteiger partial charge in [0.05, 0.1) is 10.4 Å². The summed E-state index contributed by atoms with van der Waals surface area (Å²) in [6.45, 7) is 4.26. The van der Waals surface area contributed by atoms with Crippen molar-refractivity contribution in [2.24, 2.45) is 0 Å². The molecule has 106 valence electrons. The molecule has 1 aliphatic rings. The Kier molecular flexibility index (Phi) is 2.48. The van der Waals surface area contributed by atoms with Crippen molar-refractivity contribution in [3.63, 3.8) is 0 Å². The van der Waals surface area contributed by atoms with Gasteiger partial charge in [-0.2, -0.15) is 0 Å². The second-order valence-corrected chi connectivity index (χ2v) is 6.30. The SMILES string of the molecule is [2H]c1c([2H])c([C@@H]2CCCN(CCC)C2)c([2H])c(S(=O)(=O)C([2H])([2H])[2H])c1[2H]. The average Bonchev–Trinajstić information content (AvgIpc) is 2.52. The maximum Gasteiger partial charge on any atom is 0.175 e. The summed E-state index contributed by atoms with van der Waals surface area (Å²) in [5, 5.41) is 0. The zero-order chi connectivity index (χ0) is 19.9. The highest BCUT2D eigenvalue weighted by Crippen LogP contribution is 2.28. The van der Waals surface area contributed by atoms with E-state index in [0.717, 1.165) is 25.9 Å². The van der Waals surface area contributed by atoms with Gasteiger partial charge in [0.25, 0.3) is 0 Å². The third-order valence-corrected chi connectivity index (χ3v) is 4.09. The fraction of sp³-hybridized carbons (Fsp3) is 0.600. The van der Waals surface area contributed by atoms with E-state index in [-0.39, 0.29) is 17.5 Å². The molecule has 1 atom stereocenters. The zero-order valence-electron chi connectivity index (χ0n) is 18.0. The van der Waals surface area contributed by atoms with Crippen LogP contribution >= 0.6 is 0 Å². The molecule has 3 nitrogen and oxygen atoms in total. The standard InChI is InChI=1S/C15H23NO2S/c1-3-9-16-10-5-7-14(12-16)13-6-4-8-15(11-13)19(2,17)18/h4,6,8,11,14H,3,5,7,9-10,12H2,1-2H3/t14-/m1/s1/i2D3,4D,6D,8D,11D. The van der Waals surface area contributed by atoms with E-state index in [1.807, 2.05) is 6.92 Å². The van der Waals surface area contributed by atoms with Crippen LogP contribution in [0.25, 0.3) is 0 Å². The molecule has 1 heterocycles. The Balaban J connectivity index is 2.65. The third-order valence-electron chi connectivity index (χ3n) is 3.34. The normalized spacial score (nSPS) is 27.4. The number of hydrogen-bond acceptors (Lipinski definition) is 3. The van der Waals surface area contributed by atoms with Crippen LogP contribution in [0, 0.1) is 0 Å². The largest absolute Gasteiger partial charge is 0.303 e. The fourth-order valence-corrected chi connectivity index (χ4v) is 2.92. The Morgan fingerprint density at radius 2 is 2.37 bits per heavy atom. The van der Waals surface area contributed by atoms with Gasteiger partial charge in [0.15, 0.2) is 9.84 Å². The molecule has 0 aliphatic carbocycles. The van der Waals surface area contributed by atoms with Gasteiger partial charge in [0.2, 0.25) is 0 Å². The number of benzene rings is 1. The Morgan fingerprint density at radius 1 is 1.53 bits per heavy atom. The molecule has 0 radical (unpaired) electrons. The Hall–Kier alpha value is -0.870. The third kappa shape index (κ3) is 3.80. The molecule has 0 saturated carbocycles. The van der Waals surface area contributed by atoms with Gasteiger partial charge >= 0.3 is 0 Å². The maximum absolute atomic E-state index is 12.4. The van der Waals surface area contributed by atoms with E-state index in [1.54, 1.807) is 0 Å². The van der Waals surface area contributed by atoms with Gasteiger partial charge in [-0.3, -0.25) is 0 Å². The molecule has 1 aliphatic heterocycles. The summed E-state index contributed by atoms with van der Waals surface area (Å²) in [5.41, 5.74) is 0.0645. The van der Waals surface area contributed by atoms with Gasteiger partial charge in [-0.1, -0.05) is 19.0 Å². The lowest BCUT2D eigenvalue weighted by Gasteiger charge is -2.32. The molecule has 4 heteroatoms. The van der Waals surface area contributed by atoms with E-state index in [4.69, 9.17) is 9.60 Å². The predicted octanol–water partition coefficient (Wildman–Crippen LogP) is 2.68. The average molecular weight is 288 g/mol. The van der Waals surface area contributed by atoms with Crippen LogP contribution in [-0.2, 0) is 9.84 Å². The first kappa shape index (κ1) is 7.79. The van der Waals surface area contributed by atoms with Gasteiger partial charge in [0, 0.05) is 16.8 Å². The molecule has 0 unspecified atom stereocenters. The van der Waals surface area contributed by atoms with E-state index in [2.05, 4.69) is 4.90 Å². The minimum atomic E-state index is -4.95. The van der Waals surface area contributed by atoms with Crippen molar-refractivity contribution in [1.29, 1.82) is 0 Å². The zero-order valence-corrected chi connectivity index (χ0v) is 11.8. The molecule has 0 aromatic heterocycles. The fourth-order valence-electron chi connectivity index (χ4n) is 2.49. The molecule has 0 spiro atoms. The number of rotatable bonds is 4. The van der Waals surface area contributed by atoms with Crippen LogP contribution in [0.5, 0.6) is 0 Å². The molecular weight excluding hydrogens is 258 g/mol. The quantitative estimate of drug-likeness (QED) is 0.855. The maximum atomic E-state index is 12.4. The van der Waals surface area contributed by atoms with E-state index in [1.165, 1.54) is 0 Å². The summed E-state index contributed by atoms with van der Waals surface area (Å²) in [6.07, 6.45) is -1.06. The summed E-state index contributed by atoms with van der Waals surface area (Å²) in [4.78, 5) is 1.20. The van der Waals surface area contributed by atoms with Gasteiger partial charge in [-0.05, 0) is 55.9 Å². The topological polar surface area (TPSA) is 37.4 Å². The van der Waals surface area contributed by atoms with Crippen molar-refractivity contribution in [3.05, 3.63) is 29.7 Å². The molecule has 0 amide bonds. The number of hydrogen-bond donors (Lipinski definition) is 0. The van der Waals surface area contributed by atoms with Gasteiger partial charge < -0.3 is 4.90 Å². The van der Waals surface area contributed by atoms with E-state index in [0.29, 0.717) is 13.0 Å². The van der Waals surface area contributed by atoms with Gasteiger partial charge in [-0.25, -0.2) is 8.42 Å². The first-order chi connectivity index (χ1) is 11.9. The summed E-state index contributed by atoms with van der Waals surface area (Å²) in [6, 6.07) is -2.50. The van der Waals surface area contributed by atoms with Crippen LogP contribution in [0.4, 0.5) is 0 Å². The van der Waals surface area contributed by atoms with Crippen molar-refractivity contribution in [2.75, 3.05) is 25.8 Å². The molecule has 1 aromatic rings. The van der Waals surface area contributed by atoms with Crippen molar-refractivity contribution >= 4 is 9.84 Å². The van der Waals surface area contributed by atoms with Crippen LogP contribution in [0.2, 0.25) is 0 Å². The van der Waals surface area contributed by atoms with E-state index < -0.39 is 39.0 Å². The van der Waals surface area contributed by atoms with Crippen molar-refractivity contribution in [1.82, 2.24) is 4.90 Å². The Labute approximate surface area is 126 Å². The van der Waals surface area contributed by atoms with E-state index in [9.17, 15) is 8.42 Å². The first-order valence-corrected chi connectivity index (χ1v) is 7.99. The highest BCUT2D eigenvalue weighted by atomic mass is 32.2. The number of nitrogens with zero attached hydrogens (tertiary/aromatic N) is 1. The molecule has 2 rings (SSSR count). The number of piperidine rings is 1. The second-order valence-electron chi connectivity index (χ2n) is 4.89. The van der Waals surface area contributed by atoms with Crippen LogP contribution in [0.15, 0.2) is 29.1 Å². The number of sulfone groups is 1. The van der Waals surface area contributed by atoms with Crippen LogP contribution in [0.3, 0.4) is 0 Å². The Morgan fingerprint density at radius 3 is 3.11 bits per heavy atom. The van der Waals surface area contributed by atoms with Crippen LogP contribution in [0.1, 0.15) is 47.3 Å². The summed E-state index contributed by atoms with van der Waals surface area (Å²) < 4.78 is 78.8. The summed E-state index contributed by atoms with van der Waals surface area (Å²) in [7, 11) is -4.95. The smallest absolute Gasteiger partial charge is 0.175 e. The minimum Gasteiger partial charge on any atom is -0.303 e. The highest BCUT2D eigenvalue weighted by Gasteiger charge is 2.21. The molecular formula is C15H23NO2S. The minimum absolute atomic E-state index is 0.0645. The molecule has 19 heavy (non-hydrogen) atoms. The molecule has 1 aromatic carbocycles. The van der Waals surface area contributed by atoms with E-state index >= 15 is 0 Å². The monoisotopic (exact) mass is 288 g/mol. The Bertz CT molecular complexity index is 790. The lowest BCUT2D eigenvalue weighted by molar-refractivity contribution is 0.208. The van der Waals surface area contributed by atoms with Crippen LogP contribution in [-0.4, -0.2) is 39.1 Å². The molecule has 1 fully saturated rings. The number of likely N-dealkylation sites (tertiary alicyclic amines) is 1. The summed E-state index contributed by atoms with van der Waals surface area (Å²) in [5.74, 6) is -0.328. The first-order valence-electron chi connectivity index (χ1n) is 10.0. The second kappa shape index (κ2) is 6.06. The molecule has 0 bridgehead atoms. The van der Waals surface area contributed by atoms with Crippen molar-refractivity contribution in [3.8, 4) is 0 Å². The highest BCUT2D eigenvalue weighted by molar-refractivity contribution is 7.90. The van der Waals surface area contributed by atoms with Crippen molar-refractivity contribution < 1.29 is 18.0 Å². The van der Waals surface area contributed by atoms with Crippen molar-refractivity contribution in [2.45, 2.75) is 37.0 Å². The lowest BCUT2D eigenvalue weighted by Crippen LogP contribution is -2.34. The lowest BCUT2D eigenvalue weighted by atomic mass is 9.90. The van der Waals surface area contributed by atoms with Gasteiger partial charge in [0.1, 0.15) is 0 Å². The van der Waals surface area contributed by atoms with Gasteiger partial charge in [-0.15, -0.1) is 0 Å². The summed E-state index contributed by atoms with van der Waals surface area (Å²) >= 11 is 0. The molecule has 0 N–H and O–H groups in total.